The van der Waals surface area contributed by atoms with E-state index in [9.17, 15) is 9.59 Å². The van der Waals surface area contributed by atoms with E-state index in [4.69, 9.17) is 23.2 Å². The van der Waals surface area contributed by atoms with Gasteiger partial charge in [0, 0.05) is 0 Å². The minimum atomic E-state index is -0.555. The molecule has 0 fully saturated rings. The minimum absolute atomic E-state index is 0.00991. The van der Waals surface area contributed by atoms with Gasteiger partial charge in [-0.15, -0.1) is 0 Å². The molecule has 1 aliphatic carbocycles. The number of hydrogen-bond acceptors (Lipinski definition) is 3. The average Bonchev–Trinajstić information content (AvgIpc) is 2.67. The van der Waals surface area contributed by atoms with Crippen LogP contribution in [0.5, 0.6) is 0 Å². The maximum atomic E-state index is 11.7. The number of nitrogens with one attached hydrogen (secondary N) is 1. The lowest BCUT2D eigenvalue weighted by atomic mass is 9.99. The van der Waals surface area contributed by atoms with Gasteiger partial charge in [-0.3, -0.25) is 14.7 Å². The Balaban J connectivity index is 2.75. The highest BCUT2D eigenvalue weighted by Crippen LogP contribution is 2.31. The number of aromatic nitrogens is 2. The number of ketones is 2. The van der Waals surface area contributed by atoms with Crippen molar-refractivity contribution in [3.63, 3.8) is 0 Å². The Morgan fingerprint density at radius 1 is 1.20 bits per heavy atom. The molecule has 0 spiro atoms. The monoisotopic (exact) mass is 242 g/mol. The van der Waals surface area contributed by atoms with Crippen LogP contribution in [0.4, 0.5) is 0 Å². The first-order chi connectivity index (χ1) is 7.07. The van der Waals surface area contributed by atoms with Gasteiger partial charge in [-0.05, 0) is 6.08 Å². The molecule has 2 rings (SSSR count). The van der Waals surface area contributed by atoms with E-state index < -0.39 is 11.6 Å². The summed E-state index contributed by atoms with van der Waals surface area (Å²) in [7, 11) is 0. The number of carbonyl (C=O) groups excluding carboxylic acids is 2. The Morgan fingerprint density at radius 2 is 1.80 bits per heavy atom. The Labute approximate surface area is 94.6 Å². The predicted molar refractivity (Wildman–Crippen MR) is 56.1 cm³/mol. The number of hydrogen-bond donors (Lipinski definition) is 1. The highest BCUT2D eigenvalue weighted by atomic mass is 35.5. The summed E-state index contributed by atoms with van der Waals surface area (Å²) in [4.78, 5) is 23.2. The van der Waals surface area contributed by atoms with Crippen LogP contribution >= 0.6 is 23.2 Å². The summed E-state index contributed by atoms with van der Waals surface area (Å²) < 4.78 is 0. The Bertz CT molecular complexity index is 528. The van der Waals surface area contributed by atoms with Gasteiger partial charge < -0.3 is 0 Å². The number of Topliss-reactive ketones (excluding diaryl/α,β-unsaturated/α-hetero) is 2. The molecule has 6 heteroatoms. The Hall–Kier alpha value is -1.39. The maximum absolute atomic E-state index is 11.7. The van der Waals surface area contributed by atoms with Gasteiger partial charge in [-0.25, -0.2) is 0 Å². The molecule has 0 radical (unpaired) electrons. The molecule has 0 unspecified atom stereocenters. The van der Waals surface area contributed by atoms with Crippen LogP contribution in [0.15, 0.2) is 16.6 Å². The molecule has 0 bridgehead atoms. The lowest BCUT2D eigenvalue weighted by Crippen LogP contribution is -2.17. The molecule has 0 amide bonds. The third-order valence-corrected chi connectivity index (χ3v) is 2.85. The van der Waals surface area contributed by atoms with Crippen molar-refractivity contribution in [1.29, 1.82) is 0 Å². The smallest absolute Gasteiger partial charge is 0.227 e. The van der Waals surface area contributed by atoms with Gasteiger partial charge in [-0.1, -0.05) is 29.8 Å². The quantitative estimate of drug-likeness (QED) is 0.821. The molecular weight excluding hydrogens is 239 g/mol. The number of nitrogens with zero attached hydrogens (tertiary/aromatic N) is 1. The number of H-pyrrole nitrogens is 1. The second kappa shape index (κ2) is 3.32. The summed E-state index contributed by atoms with van der Waals surface area (Å²) >= 11 is 11.2. The van der Waals surface area contributed by atoms with Gasteiger partial charge in [0.05, 0.1) is 11.3 Å². The summed E-state index contributed by atoms with van der Waals surface area (Å²) in [6.07, 6.45) is 1.39. The molecule has 1 heterocycles. The molecule has 1 aromatic heterocycles. The molecule has 1 N–H and O–H groups in total. The average molecular weight is 243 g/mol. The van der Waals surface area contributed by atoms with Crippen LogP contribution in [0.3, 0.4) is 0 Å². The van der Waals surface area contributed by atoms with Crippen LogP contribution in [0, 0.1) is 0 Å². The van der Waals surface area contributed by atoms with Crippen molar-refractivity contribution in [3.05, 3.63) is 33.6 Å². The number of aromatic amines is 1. The molecule has 15 heavy (non-hydrogen) atoms. The predicted octanol–water partition coefficient (Wildman–Crippen LogP) is 2.12. The summed E-state index contributed by atoms with van der Waals surface area (Å²) in [5.41, 5.74) is 0.486. The molecule has 0 atom stereocenters. The summed E-state index contributed by atoms with van der Waals surface area (Å²) in [6.45, 7) is 3.49. The molecule has 0 saturated carbocycles. The van der Waals surface area contributed by atoms with E-state index in [0.717, 1.165) is 0 Å². The van der Waals surface area contributed by atoms with Crippen molar-refractivity contribution in [3.8, 4) is 0 Å². The fraction of sp³-hybridized carbons (Fsp3) is 0. The van der Waals surface area contributed by atoms with Gasteiger partial charge in [0.1, 0.15) is 15.8 Å². The van der Waals surface area contributed by atoms with Gasteiger partial charge >= 0.3 is 0 Å². The number of halogens is 2. The molecule has 0 aliphatic heterocycles. The van der Waals surface area contributed by atoms with Crippen LogP contribution in [0.25, 0.3) is 6.08 Å². The largest absolute Gasteiger partial charge is 0.287 e. The van der Waals surface area contributed by atoms with E-state index in [-0.39, 0.29) is 21.3 Å². The van der Waals surface area contributed by atoms with Crippen molar-refractivity contribution < 1.29 is 9.59 Å². The van der Waals surface area contributed by atoms with Crippen molar-refractivity contribution in [1.82, 2.24) is 10.2 Å². The Kier molecular flexibility index (Phi) is 2.25. The third kappa shape index (κ3) is 1.26. The standard InChI is InChI=1S/C9H4Cl2N2O2/c1-2-3-4-7(13-12-3)9(15)6(11)5(10)8(4)14/h2H,1H2,(H,12,13). The second-order valence-electron chi connectivity index (χ2n) is 2.85. The van der Waals surface area contributed by atoms with Crippen LogP contribution < -0.4 is 0 Å². The van der Waals surface area contributed by atoms with Gasteiger partial charge in [-0.2, -0.15) is 5.10 Å². The normalized spacial score (nSPS) is 15.6. The first-order valence-electron chi connectivity index (χ1n) is 3.93. The van der Waals surface area contributed by atoms with Gasteiger partial charge in [0.15, 0.2) is 0 Å². The van der Waals surface area contributed by atoms with Crippen molar-refractivity contribution in [2.45, 2.75) is 0 Å². The van der Waals surface area contributed by atoms with E-state index >= 15 is 0 Å². The number of rotatable bonds is 1. The molecular formula is C9H4Cl2N2O2. The molecule has 0 saturated heterocycles. The van der Waals surface area contributed by atoms with Gasteiger partial charge in [0.2, 0.25) is 11.6 Å². The van der Waals surface area contributed by atoms with Crippen LogP contribution in [0.1, 0.15) is 26.5 Å². The Morgan fingerprint density at radius 3 is 2.40 bits per heavy atom. The SMILES string of the molecule is C=Cc1[nH]nc2c1C(=O)C(Cl)=C(Cl)C2=O. The fourth-order valence-corrected chi connectivity index (χ4v) is 1.67. The minimum Gasteiger partial charge on any atom is -0.287 e. The maximum Gasteiger partial charge on any atom is 0.227 e. The number of fused-ring (bicyclic) bond motifs is 1. The van der Waals surface area contributed by atoms with Crippen molar-refractivity contribution in [2.24, 2.45) is 0 Å². The van der Waals surface area contributed by atoms with E-state index in [0.29, 0.717) is 5.69 Å². The lowest BCUT2D eigenvalue weighted by Gasteiger charge is -2.08. The summed E-state index contributed by atoms with van der Waals surface area (Å²) in [5, 5.41) is 5.64. The molecule has 76 valence electrons. The third-order valence-electron chi connectivity index (χ3n) is 2.03. The highest BCUT2D eigenvalue weighted by Gasteiger charge is 2.34. The molecule has 1 aliphatic rings. The second-order valence-corrected chi connectivity index (χ2v) is 3.61. The first-order valence-corrected chi connectivity index (χ1v) is 4.69. The van der Waals surface area contributed by atoms with Crippen LogP contribution in [-0.4, -0.2) is 21.8 Å². The highest BCUT2D eigenvalue weighted by molar-refractivity contribution is 6.59. The zero-order chi connectivity index (χ0) is 11.2. The molecule has 1 aromatic rings. The summed E-state index contributed by atoms with van der Waals surface area (Å²) in [5.74, 6) is -1.07. The molecule has 0 aromatic carbocycles. The van der Waals surface area contributed by atoms with E-state index in [1.165, 1.54) is 6.08 Å². The van der Waals surface area contributed by atoms with Crippen molar-refractivity contribution in [2.75, 3.05) is 0 Å². The fourth-order valence-electron chi connectivity index (χ4n) is 1.31. The number of allylic oxidation sites excluding steroid dienone is 2. The topological polar surface area (TPSA) is 62.8 Å². The van der Waals surface area contributed by atoms with Crippen molar-refractivity contribution >= 4 is 40.8 Å². The summed E-state index contributed by atoms with van der Waals surface area (Å²) in [6, 6.07) is 0. The van der Waals surface area contributed by atoms with Gasteiger partial charge in [0.25, 0.3) is 0 Å². The zero-order valence-corrected chi connectivity index (χ0v) is 8.82. The van der Waals surface area contributed by atoms with Crippen LogP contribution in [0.2, 0.25) is 0 Å². The van der Waals surface area contributed by atoms with E-state index in [1.54, 1.807) is 0 Å². The van der Waals surface area contributed by atoms with E-state index in [2.05, 4.69) is 16.8 Å². The zero-order valence-electron chi connectivity index (χ0n) is 7.30. The molecule has 4 nitrogen and oxygen atoms in total. The van der Waals surface area contributed by atoms with E-state index in [1.807, 2.05) is 0 Å². The first kappa shape index (κ1) is 10.1. The van der Waals surface area contributed by atoms with Crippen LogP contribution in [-0.2, 0) is 0 Å². The lowest BCUT2D eigenvalue weighted by molar-refractivity contribution is 0.0984. The number of carbonyl (C=O) groups is 2.